The average Bonchev–Trinajstić information content (AvgIpc) is 3.43. The average molecular weight is 1050 g/mol. The molecule has 4 aliphatic heterocycles. The highest BCUT2D eigenvalue weighted by molar-refractivity contribution is 9.10. The van der Waals surface area contributed by atoms with E-state index in [1.807, 2.05) is 48.5 Å². The predicted molar refractivity (Wildman–Crippen MR) is 307 cm³/mol. The third kappa shape index (κ3) is 16.4. The highest BCUT2D eigenvalue weighted by Crippen LogP contribution is 2.23. The fourth-order valence-corrected chi connectivity index (χ4v) is 10.4. The molecule has 6 aromatic rings. The maximum atomic E-state index is 13.2. The normalized spacial score (nSPS) is 17.4. The second-order valence-electron chi connectivity index (χ2n) is 19.9. The number of benzene rings is 4. The van der Waals surface area contributed by atoms with Gasteiger partial charge in [-0.2, -0.15) is 0 Å². The van der Waals surface area contributed by atoms with E-state index in [0.29, 0.717) is 11.6 Å². The molecule has 0 atom stereocenters. The van der Waals surface area contributed by atoms with Crippen LogP contribution in [0.15, 0.2) is 159 Å². The van der Waals surface area contributed by atoms with Crippen LogP contribution in [0.4, 0.5) is 17.3 Å². The number of piperidine rings is 4. The van der Waals surface area contributed by atoms with Gasteiger partial charge in [0.2, 0.25) is 0 Å². The summed E-state index contributed by atoms with van der Waals surface area (Å²) >= 11 is 3.43. The first-order valence-corrected chi connectivity index (χ1v) is 27.4. The van der Waals surface area contributed by atoms with Crippen LogP contribution in [0.25, 0.3) is 23.5 Å². The summed E-state index contributed by atoms with van der Waals surface area (Å²) in [6.45, 7) is 15.1. The number of likely N-dealkylation sites (tertiary alicyclic amines) is 2. The highest BCUT2D eigenvalue weighted by Gasteiger charge is 2.23. The number of aromatic nitrogens is 4. The first-order valence-electron chi connectivity index (χ1n) is 26.6. The van der Waals surface area contributed by atoms with E-state index in [-0.39, 0.29) is 23.2 Å². The van der Waals surface area contributed by atoms with Gasteiger partial charge in [-0.15, -0.1) is 0 Å². The Kier molecular flexibility index (Phi) is 20.3. The van der Waals surface area contributed by atoms with Crippen LogP contribution in [0.2, 0.25) is 0 Å². The monoisotopic (exact) mass is 1050 g/mol. The van der Waals surface area contributed by atoms with Gasteiger partial charge in [-0.25, -0.2) is 9.97 Å². The Labute approximate surface area is 441 Å². The van der Waals surface area contributed by atoms with E-state index in [9.17, 15) is 9.59 Å². The Morgan fingerprint density at radius 1 is 0.548 bits per heavy atom. The lowest BCUT2D eigenvalue weighted by atomic mass is 10.0. The van der Waals surface area contributed by atoms with Gasteiger partial charge in [0.05, 0.1) is 0 Å². The van der Waals surface area contributed by atoms with Crippen molar-refractivity contribution in [3.05, 3.63) is 181 Å². The second-order valence-corrected chi connectivity index (χ2v) is 20.9. The van der Waals surface area contributed by atoms with Crippen LogP contribution in [0.5, 0.6) is 0 Å². The van der Waals surface area contributed by atoms with Gasteiger partial charge < -0.3 is 20.9 Å². The molecule has 0 unspecified atom stereocenters. The lowest BCUT2D eigenvalue weighted by Crippen LogP contribution is -2.41. The predicted octanol–water partition coefficient (Wildman–Crippen LogP) is 10.9. The first-order chi connectivity index (χ1) is 35.7. The van der Waals surface area contributed by atoms with Crippen LogP contribution in [-0.4, -0.2) is 106 Å². The number of nitrogens with one attached hydrogen (secondary N) is 3. The summed E-state index contributed by atoms with van der Waals surface area (Å²) in [4.78, 5) is 42.2. The SMILES string of the molecule is C/C(=C\c1ccccc1)CN1CCC(Nc2nccn(-c3ccc(Br)cc3)c2=O)CC1.C/C(=C\c1ccccc1)CN1CCC(Nc2nccn(-c3ccc(N4CCCCC4)cc3)c2=O)CC1.C1CCNCC1. The molecule has 0 amide bonds. The quantitative estimate of drug-likeness (QED) is 0.103. The number of halogens is 1. The van der Waals surface area contributed by atoms with Crippen molar-refractivity contribution in [3.63, 3.8) is 0 Å². The Balaban J connectivity index is 0.000000176. The maximum absolute atomic E-state index is 13.2. The molecule has 4 aliphatic rings. The molecule has 4 saturated heterocycles. The fourth-order valence-electron chi connectivity index (χ4n) is 10.1. The molecular weight excluding hydrogens is 973 g/mol. The van der Waals surface area contributed by atoms with Gasteiger partial charge in [0.15, 0.2) is 11.6 Å². The Hall–Kier alpha value is -6.12. The summed E-state index contributed by atoms with van der Waals surface area (Å²) in [6, 6.07) is 37.5. The van der Waals surface area contributed by atoms with Crippen LogP contribution < -0.4 is 32.0 Å². The van der Waals surface area contributed by atoms with Gasteiger partial charge >= 0.3 is 0 Å². The summed E-state index contributed by atoms with van der Waals surface area (Å²) in [5.74, 6) is 0.861. The summed E-state index contributed by atoms with van der Waals surface area (Å²) in [7, 11) is 0. The van der Waals surface area contributed by atoms with Crippen LogP contribution >= 0.6 is 15.9 Å². The topological polar surface area (TPSA) is 116 Å². The third-order valence-electron chi connectivity index (χ3n) is 14.1. The number of anilines is 3. The highest BCUT2D eigenvalue weighted by atomic mass is 79.9. The van der Waals surface area contributed by atoms with E-state index < -0.39 is 0 Å². The molecule has 10 rings (SSSR count). The molecule has 6 heterocycles. The molecule has 384 valence electrons. The second kappa shape index (κ2) is 27.8. The van der Waals surface area contributed by atoms with Gasteiger partial charge in [-0.3, -0.25) is 28.5 Å². The van der Waals surface area contributed by atoms with E-state index in [1.54, 1.807) is 33.9 Å². The van der Waals surface area contributed by atoms with Crippen molar-refractivity contribution in [2.75, 3.05) is 81.0 Å². The third-order valence-corrected chi connectivity index (χ3v) is 14.6. The molecule has 0 saturated carbocycles. The van der Waals surface area contributed by atoms with Crippen LogP contribution in [0.1, 0.15) is 89.2 Å². The zero-order chi connectivity index (χ0) is 50.6. The number of rotatable bonds is 13. The molecule has 3 N–H and O–H groups in total. The zero-order valence-corrected chi connectivity index (χ0v) is 44.6. The Morgan fingerprint density at radius 2 is 0.959 bits per heavy atom. The summed E-state index contributed by atoms with van der Waals surface area (Å²) < 4.78 is 4.31. The molecule has 4 fully saturated rings. The first kappa shape index (κ1) is 53.2. The van der Waals surface area contributed by atoms with Crippen molar-refractivity contribution >= 4 is 45.4 Å². The Morgan fingerprint density at radius 3 is 1.37 bits per heavy atom. The lowest BCUT2D eigenvalue weighted by molar-refractivity contribution is 0.236. The van der Waals surface area contributed by atoms with E-state index in [1.165, 1.54) is 79.6 Å². The van der Waals surface area contributed by atoms with Crippen molar-refractivity contribution in [2.24, 2.45) is 0 Å². The standard InChI is InChI=1S/C30H37N5O.C25H27BrN4O.C5H11N/c1-24(22-25-8-4-2-5-9-25)23-33-19-14-26(15-20-33)32-29-30(36)35(21-16-31-29)28-12-10-27(11-13-28)34-17-6-3-7-18-34;1-19(17-20-5-3-2-4-6-20)18-29-14-11-22(12-15-29)28-24-25(31)30(16-13-27-24)23-9-7-21(26)8-10-23;1-2-4-6-5-3-1/h2,4-5,8-13,16,21-22,26H,3,6-7,14-15,17-20,23H2,1H3,(H,31,32);2-10,13,16-17,22H,11-12,14-15,18H2,1H3,(H,27,28);6H,1-5H2/b24-22+;19-17+;. The van der Waals surface area contributed by atoms with E-state index in [2.05, 4.69) is 143 Å². The minimum absolute atomic E-state index is 0.0905. The number of nitrogens with zero attached hydrogens (tertiary/aromatic N) is 7. The summed E-state index contributed by atoms with van der Waals surface area (Å²) in [5.41, 5.74) is 7.95. The van der Waals surface area contributed by atoms with Crippen LogP contribution in [0.3, 0.4) is 0 Å². The Bertz CT molecular complexity index is 2760. The fraction of sp³-hybridized carbons (Fsp3) is 0.400. The van der Waals surface area contributed by atoms with Crippen LogP contribution in [-0.2, 0) is 0 Å². The zero-order valence-electron chi connectivity index (χ0n) is 43.0. The van der Waals surface area contributed by atoms with Crippen LogP contribution in [0, 0.1) is 0 Å². The molecule has 0 spiro atoms. The van der Waals surface area contributed by atoms with Gasteiger partial charge in [0.1, 0.15) is 0 Å². The van der Waals surface area contributed by atoms with Crippen molar-refractivity contribution in [2.45, 2.75) is 90.1 Å². The molecule has 0 aliphatic carbocycles. The minimum atomic E-state index is -0.117. The molecule has 0 radical (unpaired) electrons. The van der Waals surface area contributed by atoms with Crippen molar-refractivity contribution in [3.8, 4) is 11.4 Å². The van der Waals surface area contributed by atoms with E-state index in [0.717, 1.165) is 93.9 Å². The van der Waals surface area contributed by atoms with E-state index >= 15 is 0 Å². The summed E-state index contributed by atoms with van der Waals surface area (Å²) in [5, 5.41) is 10.1. The van der Waals surface area contributed by atoms with Gasteiger partial charge in [0, 0.05) is 111 Å². The van der Waals surface area contributed by atoms with Gasteiger partial charge in [-0.1, -0.05) is 106 Å². The van der Waals surface area contributed by atoms with Crippen molar-refractivity contribution in [1.82, 2.24) is 34.2 Å². The van der Waals surface area contributed by atoms with Gasteiger partial charge in [0.25, 0.3) is 11.1 Å². The molecule has 2 aromatic heterocycles. The maximum Gasteiger partial charge on any atom is 0.297 e. The molecule has 4 aromatic carbocycles. The number of hydrogen-bond donors (Lipinski definition) is 3. The smallest absolute Gasteiger partial charge is 0.297 e. The summed E-state index contributed by atoms with van der Waals surface area (Å²) in [6.07, 6.45) is 23.4. The van der Waals surface area contributed by atoms with Gasteiger partial charge in [-0.05, 0) is 144 Å². The van der Waals surface area contributed by atoms with Crippen molar-refractivity contribution < 1.29 is 0 Å². The molecule has 13 heteroatoms. The minimum Gasteiger partial charge on any atom is -0.372 e. The number of hydrogen-bond acceptors (Lipinski definition) is 10. The van der Waals surface area contributed by atoms with Crippen molar-refractivity contribution in [1.29, 1.82) is 0 Å². The molecular formula is C60H75BrN10O2. The molecule has 73 heavy (non-hydrogen) atoms. The largest absolute Gasteiger partial charge is 0.372 e. The molecule has 0 bridgehead atoms. The van der Waals surface area contributed by atoms with E-state index in [4.69, 9.17) is 0 Å². The molecule has 12 nitrogen and oxygen atoms in total. The lowest BCUT2D eigenvalue weighted by Gasteiger charge is -2.32.